The minimum absolute atomic E-state index is 0.0908. The summed E-state index contributed by atoms with van der Waals surface area (Å²) in [7, 11) is -2.27. The Hall–Kier alpha value is -1.64. The van der Waals surface area contributed by atoms with Crippen molar-refractivity contribution >= 4 is 15.9 Å². The van der Waals surface area contributed by atoms with Crippen molar-refractivity contribution in [3.05, 3.63) is 23.8 Å². The summed E-state index contributed by atoms with van der Waals surface area (Å²) in [5, 5.41) is 2.68. The second kappa shape index (κ2) is 9.00. The summed E-state index contributed by atoms with van der Waals surface area (Å²) in [6.45, 7) is 7.75. The van der Waals surface area contributed by atoms with E-state index < -0.39 is 22.0 Å². The van der Waals surface area contributed by atoms with E-state index in [1.165, 1.54) is 26.2 Å². The van der Waals surface area contributed by atoms with E-state index in [9.17, 15) is 13.2 Å². The summed E-state index contributed by atoms with van der Waals surface area (Å²) in [5.41, 5.74) is 0.713. The van der Waals surface area contributed by atoms with E-state index in [-0.39, 0.29) is 10.9 Å². The molecule has 136 valence electrons. The molecule has 1 amide bonds. The predicted molar refractivity (Wildman–Crippen MR) is 91.6 cm³/mol. The zero-order valence-corrected chi connectivity index (χ0v) is 15.6. The lowest BCUT2D eigenvalue weighted by Crippen LogP contribution is -2.48. The number of aryl methyl sites for hydroxylation is 1. The van der Waals surface area contributed by atoms with Crippen molar-refractivity contribution in [3.63, 3.8) is 0 Å². The third-order valence-electron chi connectivity index (χ3n) is 3.29. The molecule has 1 aromatic rings. The maximum atomic E-state index is 12.4. The topological polar surface area (TPSA) is 93.7 Å². The predicted octanol–water partition coefficient (Wildman–Crippen LogP) is 1.21. The molecule has 1 rings (SSSR count). The molecular weight excluding hydrogens is 332 g/mol. The number of ether oxygens (including phenoxy) is 2. The molecule has 0 fully saturated rings. The zero-order valence-electron chi connectivity index (χ0n) is 14.8. The molecule has 0 unspecified atom stereocenters. The molecule has 8 heteroatoms. The molecule has 0 aliphatic rings. The van der Waals surface area contributed by atoms with E-state index >= 15 is 0 Å². The molecule has 0 aromatic heterocycles. The van der Waals surface area contributed by atoms with Gasteiger partial charge in [0.25, 0.3) is 0 Å². The molecule has 1 aromatic carbocycles. The Morgan fingerprint density at radius 3 is 2.50 bits per heavy atom. The number of benzene rings is 1. The number of sulfonamides is 1. The number of methoxy groups -OCH3 is 1. The summed E-state index contributed by atoms with van der Waals surface area (Å²) >= 11 is 0. The molecule has 0 aliphatic carbocycles. The van der Waals surface area contributed by atoms with Crippen LogP contribution in [0.3, 0.4) is 0 Å². The van der Waals surface area contributed by atoms with Crippen LogP contribution in [0.1, 0.15) is 26.3 Å². The molecule has 0 radical (unpaired) electrons. The van der Waals surface area contributed by atoms with Crippen LogP contribution >= 0.6 is 0 Å². The van der Waals surface area contributed by atoms with Gasteiger partial charge in [0, 0.05) is 13.2 Å². The Kier molecular flexibility index (Phi) is 7.65. The van der Waals surface area contributed by atoms with E-state index in [1.54, 1.807) is 19.9 Å². The van der Waals surface area contributed by atoms with Gasteiger partial charge in [0.1, 0.15) is 5.75 Å². The first kappa shape index (κ1) is 20.4. The van der Waals surface area contributed by atoms with Crippen LogP contribution in [-0.2, 0) is 19.6 Å². The van der Waals surface area contributed by atoms with Gasteiger partial charge >= 0.3 is 0 Å². The van der Waals surface area contributed by atoms with Crippen molar-refractivity contribution in [2.75, 3.05) is 20.3 Å². The van der Waals surface area contributed by atoms with E-state index in [1.807, 2.05) is 6.92 Å². The summed E-state index contributed by atoms with van der Waals surface area (Å²) < 4.78 is 37.6. The highest BCUT2D eigenvalue weighted by molar-refractivity contribution is 7.89. The summed E-state index contributed by atoms with van der Waals surface area (Å²) in [4.78, 5) is 12.1. The van der Waals surface area contributed by atoms with Gasteiger partial charge in [0.15, 0.2) is 0 Å². The Bertz CT molecular complexity index is 660. The van der Waals surface area contributed by atoms with E-state index in [0.29, 0.717) is 24.5 Å². The van der Waals surface area contributed by atoms with Crippen LogP contribution in [-0.4, -0.2) is 46.7 Å². The number of rotatable bonds is 9. The number of hydrogen-bond acceptors (Lipinski definition) is 5. The number of carbonyl (C=O) groups is 1. The standard InChI is InChI=1S/C16H26N2O5S/c1-6-23-15-8-7-14(9-11(15)2)24(20,21)18-13(4)16(19)17-12(3)10-22-5/h7-9,12-13,18H,6,10H2,1-5H3,(H,17,19)/t12-,13+/m0/s1. The van der Waals surface area contributed by atoms with Gasteiger partial charge in [-0.1, -0.05) is 0 Å². The largest absolute Gasteiger partial charge is 0.494 e. The van der Waals surface area contributed by atoms with Crippen molar-refractivity contribution in [3.8, 4) is 5.75 Å². The van der Waals surface area contributed by atoms with Crippen molar-refractivity contribution in [1.29, 1.82) is 0 Å². The maximum absolute atomic E-state index is 12.4. The number of nitrogens with one attached hydrogen (secondary N) is 2. The van der Waals surface area contributed by atoms with Crippen LogP contribution in [0.15, 0.2) is 23.1 Å². The quantitative estimate of drug-likeness (QED) is 0.692. The number of carbonyl (C=O) groups excluding carboxylic acids is 1. The van der Waals surface area contributed by atoms with Gasteiger partial charge in [-0.05, 0) is 51.5 Å². The average Bonchev–Trinajstić information content (AvgIpc) is 2.49. The third-order valence-corrected chi connectivity index (χ3v) is 4.83. The van der Waals surface area contributed by atoms with Crippen molar-refractivity contribution < 1.29 is 22.7 Å². The highest BCUT2D eigenvalue weighted by Crippen LogP contribution is 2.21. The van der Waals surface area contributed by atoms with Crippen molar-refractivity contribution in [2.45, 2.75) is 44.7 Å². The second-order valence-electron chi connectivity index (χ2n) is 5.57. The van der Waals surface area contributed by atoms with Crippen molar-refractivity contribution in [1.82, 2.24) is 10.0 Å². The Balaban J connectivity index is 2.82. The first-order chi connectivity index (χ1) is 11.2. The van der Waals surface area contributed by atoms with Gasteiger partial charge in [0.05, 0.1) is 24.2 Å². The van der Waals surface area contributed by atoms with E-state index in [2.05, 4.69) is 10.0 Å². The van der Waals surface area contributed by atoms with Crippen LogP contribution in [0.4, 0.5) is 0 Å². The molecule has 0 spiro atoms. The first-order valence-corrected chi connectivity index (χ1v) is 9.24. The molecule has 0 saturated carbocycles. The molecule has 2 N–H and O–H groups in total. The number of amides is 1. The Morgan fingerprint density at radius 1 is 1.29 bits per heavy atom. The summed E-state index contributed by atoms with van der Waals surface area (Å²) in [6, 6.07) is 3.48. The fourth-order valence-electron chi connectivity index (χ4n) is 2.12. The van der Waals surface area contributed by atoms with Crippen LogP contribution in [0.5, 0.6) is 5.75 Å². The van der Waals surface area contributed by atoms with Crippen LogP contribution < -0.4 is 14.8 Å². The van der Waals surface area contributed by atoms with Gasteiger partial charge < -0.3 is 14.8 Å². The highest BCUT2D eigenvalue weighted by atomic mass is 32.2. The van der Waals surface area contributed by atoms with Gasteiger partial charge in [-0.3, -0.25) is 4.79 Å². The minimum atomic E-state index is -3.80. The van der Waals surface area contributed by atoms with Gasteiger partial charge in [-0.2, -0.15) is 4.72 Å². The Labute approximate surface area is 143 Å². The highest BCUT2D eigenvalue weighted by Gasteiger charge is 2.23. The SMILES string of the molecule is CCOc1ccc(S(=O)(=O)N[C@H](C)C(=O)N[C@@H](C)COC)cc1C. The van der Waals surface area contributed by atoms with E-state index in [4.69, 9.17) is 9.47 Å². The molecule has 0 aliphatic heterocycles. The summed E-state index contributed by atoms with van der Waals surface area (Å²) in [5.74, 6) is 0.224. The molecule has 2 atom stereocenters. The van der Waals surface area contributed by atoms with Crippen molar-refractivity contribution in [2.24, 2.45) is 0 Å². The molecule has 7 nitrogen and oxygen atoms in total. The lowest BCUT2D eigenvalue weighted by molar-refractivity contribution is -0.123. The number of hydrogen-bond donors (Lipinski definition) is 2. The Morgan fingerprint density at radius 2 is 1.96 bits per heavy atom. The molecule has 24 heavy (non-hydrogen) atoms. The van der Waals surface area contributed by atoms with Gasteiger partial charge in [0.2, 0.25) is 15.9 Å². The first-order valence-electron chi connectivity index (χ1n) is 7.76. The van der Waals surface area contributed by atoms with Crippen LogP contribution in [0.25, 0.3) is 0 Å². The normalized spacial score (nSPS) is 14.0. The van der Waals surface area contributed by atoms with Gasteiger partial charge in [-0.15, -0.1) is 0 Å². The molecule has 0 heterocycles. The zero-order chi connectivity index (χ0) is 18.3. The molecule has 0 bridgehead atoms. The third kappa shape index (κ3) is 5.77. The molecule has 0 saturated heterocycles. The second-order valence-corrected chi connectivity index (χ2v) is 7.28. The lowest BCUT2D eigenvalue weighted by Gasteiger charge is -2.18. The maximum Gasteiger partial charge on any atom is 0.241 e. The van der Waals surface area contributed by atoms with Gasteiger partial charge in [-0.25, -0.2) is 8.42 Å². The fraction of sp³-hybridized carbons (Fsp3) is 0.562. The van der Waals surface area contributed by atoms with Crippen LogP contribution in [0.2, 0.25) is 0 Å². The monoisotopic (exact) mass is 358 g/mol. The van der Waals surface area contributed by atoms with Crippen LogP contribution in [0, 0.1) is 6.92 Å². The van der Waals surface area contributed by atoms with E-state index in [0.717, 1.165) is 0 Å². The summed E-state index contributed by atoms with van der Waals surface area (Å²) in [6.07, 6.45) is 0. The average molecular weight is 358 g/mol. The minimum Gasteiger partial charge on any atom is -0.494 e. The smallest absolute Gasteiger partial charge is 0.241 e. The lowest BCUT2D eigenvalue weighted by atomic mass is 10.2. The fourth-order valence-corrected chi connectivity index (χ4v) is 3.41. The molecular formula is C16H26N2O5S.